The lowest BCUT2D eigenvalue weighted by molar-refractivity contribution is -0.158. The summed E-state index contributed by atoms with van der Waals surface area (Å²) in [7, 11) is 1.28. The molecule has 1 aliphatic heterocycles. The van der Waals surface area contributed by atoms with E-state index in [-0.39, 0.29) is 13.0 Å². The summed E-state index contributed by atoms with van der Waals surface area (Å²) in [5, 5.41) is 2.78. The van der Waals surface area contributed by atoms with Crippen LogP contribution in [0.3, 0.4) is 0 Å². The van der Waals surface area contributed by atoms with Crippen molar-refractivity contribution in [1.29, 1.82) is 0 Å². The SMILES string of the molecule is COC(=O)C[C@H](NC(=O)OCc1ccccc1)c1ccc2c(c1)[C@@H](C(=O)OC(C)(C)C)[C@H](c1ccc(OCc3ccccc3)cc1)O2. The van der Waals surface area contributed by atoms with Crippen LogP contribution in [-0.2, 0) is 37.0 Å². The molecule has 0 spiro atoms. The van der Waals surface area contributed by atoms with Crippen LogP contribution in [0.4, 0.5) is 4.79 Å². The molecule has 0 unspecified atom stereocenters. The molecule has 244 valence electrons. The van der Waals surface area contributed by atoms with E-state index in [1.807, 2.05) is 106 Å². The largest absolute Gasteiger partial charge is 0.489 e. The van der Waals surface area contributed by atoms with Crippen molar-refractivity contribution in [2.75, 3.05) is 7.11 Å². The zero-order chi connectivity index (χ0) is 33.4. The lowest BCUT2D eigenvalue weighted by atomic mass is 9.89. The number of hydrogen-bond acceptors (Lipinski definition) is 8. The fourth-order valence-electron chi connectivity index (χ4n) is 5.28. The van der Waals surface area contributed by atoms with Gasteiger partial charge in [0.1, 0.15) is 42.3 Å². The molecule has 0 radical (unpaired) electrons. The van der Waals surface area contributed by atoms with Gasteiger partial charge in [-0.15, -0.1) is 0 Å². The van der Waals surface area contributed by atoms with Crippen LogP contribution < -0.4 is 14.8 Å². The van der Waals surface area contributed by atoms with Crippen LogP contribution in [0.2, 0.25) is 0 Å². The first-order valence-electron chi connectivity index (χ1n) is 15.4. The van der Waals surface area contributed by atoms with Crippen LogP contribution in [0.1, 0.15) is 73.1 Å². The van der Waals surface area contributed by atoms with Crippen molar-refractivity contribution in [2.24, 2.45) is 0 Å². The van der Waals surface area contributed by atoms with Crippen LogP contribution in [-0.4, -0.2) is 30.7 Å². The first-order chi connectivity index (χ1) is 22.6. The van der Waals surface area contributed by atoms with Gasteiger partial charge < -0.3 is 29.0 Å². The number of carbonyl (C=O) groups excluding carboxylic acids is 3. The van der Waals surface area contributed by atoms with Crippen LogP contribution >= 0.6 is 0 Å². The number of benzene rings is 4. The van der Waals surface area contributed by atoms with E-state index < -0.39 is 41.7 Å². The maximum atomic E-state index is 13.7. The molecule has 9 nitrogen and oxygen atoms in total. The smallest absolute Gasteiger partial charge is 0.407 e. The Kier molecular flexibility index (Phi) is 10.5. The summed E-state index contributed by atoms with van der Waals surface area (Å²) < 4.78 is 28.5. The number of hydrogen-bond donors (Lipinski definition) is 1. The third-order valence-corrected chi connectivity index (χ3v) is 7.55. The molecule has 1 N–H and O–H groups in total. The Labute approximate surface area is 274 Å². The number of carbonyl (C=O) groups is 3. The summed E-state index contributed by atoms with van der Waals surface area (Å²) in [6, 6.07) is 31.0. The number of esters is 2. The average Bonchev–Trinajstić information content (AvgIpc) is 3.45. The summed E-state index contributed by atoms with van der Waals surface area (Å²) in [6.45, 7) is 5.92. The number of methoxy groups -OCH3 is 1. The number of rotatable bonds is 11. The highest BCUT2D eigenvalue weighted by molar-refractivity contribution is 5.82. The number of nitrogens with one attached hydrogen (secondary N) is 1. The first-order valence-corrected chi connectivity index (χ1v) is 15.4. The minimum absolute atomic E-state index is 0.0636. The Morgan fingerprint density at radius 1 is 0.830 bits per heavy atom. The third kappa shape index (κ3) is 8.91. The fourth-order valence-corrected chi connectivity index (χ4v) is 5.28. The second-order valence-electron chi connectivity index (χ2n) is 12.2. The second-order valence-corrected chi connectivity index (χ2v) is 12.2. The summed E-state index contributed by atoms with van der Waals surface area (Å²) in [5.41, 5.74) is 3.06. The van der Waals surface area contributed by atoms with Crippen molar-refractivity contribution in [3.05, 3.63) is 131 Å². The van der Waals surface area contributed by atoms with Crippen molar-refractivity contribution in [3.63, 3.8) is 0 Å². The molecular formula is C38H39NO8. The van der Waals surface area contributed by atoms with E-state index in [2.05, 4.69) is 5.32 Å². The standard InChI is InChI=1S/C38H39NO8/c1-38(2,3)47-36(41)34-30-21-28(31(22-33(40)43-4)39-37(42)45-24-26-13-9-6-10-14-26)17-20-32(30)46-35(34)27-15-18-29(19-16-27)44-23-25-11-7-5-8-12-25/h5-21,31,34-35H,22-24H2,1-4H3,(H,39,42)/t31-,34+,35-/m0/s1. The topological polar surface area (TPSA) is 109 Å². The molecule has 47 heavy (non-hydrogen) atoms. The van der Waals surface area contributed by atoms with E-state index in [9.17, 15) is 14.4 Å². The molecule has 0 bridgehead atoms. The average molecular weight is 638 g/mol. The van der Waals surface area contributed by atoms with E-state index in [4.69, 9.17) is 23.7 Å². The highest BCUT2D eigenvalue weighted by Gasteiger charge is 2.43. The minimum Gasteiger partial charge on any atom is -0.489 e. The Bertz CT molecular complexity index is 1670. The molecule has 1 aliphatic rings. The molecule has 3 atom stereocenters. The molecular weight excluding hydrogens is 598 g/mol. The summed E-state index contributed by atoms with van der Waals surface area (Å²) in [4.78, 5) is 39.0. The maximum Gasteiger partial charge on any atom is 0.407 e. The van der Waals surface area contributed by atoms with Gasteiger partial charge in [0.25, 0.3) is 0 Å². The van der Waals surface area contributed by atoms with Crippen molar-refractivity contribution in [2.45, 2.75) is 64.1 Å². The van der Waals surface area contributed by atoms with Gasteiger partial charge in [0.05, 0.1) is 19.6 Å². The number of fused-ring (bicyclic) bond motifs is 1. The van der Waals surface area contributed by atoms with Gasteiger partial charge in [0, 0.05) is 5.56 Å². The fraction of sp³-hybridized carbons (Fsp3) is 0.289. The molecule has 4 aromatic rings. The Balaban J connectivity index is 1.39. The van der Waals surface area contributed by atoms with Gasteiger partial charge in [-0.05, 0) is 67.3 Å². The van der Waals surface area contributed by atoms with Gasteiger partial charge in [0.15, 0.2) is 0 Å². The van der Waals surface area contributed by atoms with Gasteiger partial charge in [-0.2, -0.15) is 0 Å². The van der Waals surface area contributed by atoms with Crippen LogP contribution in [0, 0.1) is 0 Å². The number of ether oxygens (including phenoxy) is 5. The molecule has 0 aliphatic carbocycles. The first kappa shape index (κ1) is 33.1. The molecule has 1 amide bonds. The predicted octanol–water partition coefficient (Wildman–Crippen LogP) is 7.36. The highest BCUT2D eigenvalue weighted by Crippen LogP contribution is 2.48. The monoisotopic (exact) mass is 637 g/mol. The van der Waals surface area contributed by atoms with Crippen LogP contribution in [0.25, 0.3) is 0 Å². The molecule has 0 aromatic heterocycles. The van der Waals surface area contributed by atoms with Gasteiger partial charge in [-0.25, -0.2) is 4.79 Å². The molecule has 0 fully saturated rings. The van der Waals surface area contributed by atoms with Crippen LogP contribution in [0.15, 0.2) is 103 Å². The van der Waals surface area contributed by atoms with Gasteiger partial charge in [0.2, 0.25) is 0 Å². The van der Waals surface area contributed by atoms with Gasteiger partial charge >= 0.3 is 18.0 Å². The third-order valence-electron chi connectivity index (χ3n) is 7.55. The van der Waals surface area contributed by atoms with E-state index in [0.717, 1.165) is 16.7 Å². The lowest BCUT2D eigenvalue weighted by Gasteiger charge is -2.25. The quantitative estimate of drug-likeness (QED) is 0.134. The Morgan fingerprint density at radius 2 is 1.47 bits per heavy atom. The zero-order valence-corrected chi connectivity index (χ0v) is 26.9. The second kappa shape index (κ2) is 14.9. The van der Waals surface area contributed by atoms with Crippen molar-refractivity contribution < 1.29 is 38.1 Å². The summed E-state index contributed by atoms with van der Waals surface area (Å²) in [6.07, 6.45) is -1.53. The van der Waals surface area contributed by atoms with Crippen molar-refractivity contribution in [1.82, 2.24) is 5.32 Å². The molecule has 0 saturated heterocycles. The molecule has 5 rings (SSSR count). The van der Waals surface area contributed by atoms with Gasteiger partial charge in [-0.1, -0.05) is 78.9 Å². The normalized spacial score (nSPS) is 15.8. The molecule has 4 aromatic carbocycles. The van der Waals surface area contributed by atoms with Crippen LogP contribution in [0.5, 0.6) is 11.5 Å². The Morgan fingerprint density at radius 3 is 2.09 bits per heavy atom. The molecule has 0 saturated carbocycles. The Hall–Kier alpha value is -5.31. The zero-order valence-electron chi connectivity index (χ0n) is 26.9. The number of amides is 1. The minimum atomic E-state index is -0.816. The van der Waals surface area contributed by atoms with Gasteiger partial charge in [-0.3, -0.25) is 9.59 Å². The molecule has 9 heteroatoms. The summed E-state index contributed by atoms with van der Waals surface area (Å²) >= 11 is 0. The summed E-state index contributed by atoms with van der Waals surface area (Å²) in [5.74, 6) is -0.611. The van der Waals surface area contributed by atoms with E-state index in [1.54, 1.807) is 18.2 Å². The van der Waals surface area contributed by atoms with Crippen molar-refractivity contribution in [3.8, 4) is 11.5 Å². The van der Waals surface area contributed by atoms with E-state index >= 15 is 0 Å². The molecule has 1 heterocycles. The maximum absolute atomic E-state index is 13.7. The van der Waals surface area contributed by atoms with E-state index in [1.165, 1.54) is 7.11 Å². The predicted molar refractivity (Wildman–Crippen MR) is 175 cm³/mol. The van der Waals surface area contributed by atoms with E-state index in [0.29, 0.717) is 29.2 Å². The van der Waals surface area contributed by atoms with Crippen molar-refractivity contribution >= 4 is 18.0 Å². The highest BCUT2D eigenvalue weighted by atomic mass is 16.6. The lowest BCUT2D eigenvalue weighted by Crippen LogP contribution is -2.31. The number of alkyl carbamates (subject to hydrolysis) is 1.